The highest BCUT2D eigenvalue weighted by Gasteiger charge is 2.18. The second-order valence-corrected chi connectivity index (χ2v) is 4.80. The van der Waals surface area contributed by atoms with Crippen LogP contribution in [0.25, 0.3) is 0 Å². The predicted molar refractivity (Wildman–Crippen MR) is 70.3 cm³/mol. The highest BCUT2D eigenvalue weighted by Crippen LogP contribution is 2.12. The van der Waals surface area contributed by atoms with E-state index in [4.69, 9.17) is 0 Å². The summed E-state index contributed by atoms with van der Waals surface area (Å²) in [6.07, 6.45) is 7.48. The predicted octanol–water partition coefficient (Wildman–Crippen LogP) is 1.75. The van der Waals surface area contributed by atoms with Gasteiger partial charge in [-0.15, -0.1) is 0 Å². The molecule has 1 aromatic heterocycles. The maximum absolute atomic E-state index is 4.43. The molecule has 2 rings (SSSR count). The summed E-state index contributed by atoms with van der Waals surface area (Å²) in [6, 6.07) is 0.603. The summed E-state index contributed by atoms with van der Waals surface area (Å²) in [5, 5.41) is 3.53. The number of aryl methyl sites for hydroxylation is 1. The van der Waals surface area contributed by atoms with Crippen LogP contribution in [0.1, 0.15) is 31.7 Å². The van der Waals surface area contributed by atoms with E-state index in [1.165, 1.54) is 12.8 Å². The van der Waals surface area contributed by atoms with Crippen LogP contribution < -0.4 is 10.2 Å². The Bertz CT molecular complexity index is 330. The third kappa shape index (κ3) is 3.40. The average Bonchev–Trinajstić information content (AvgIpc) is 2.82. The molecular weight excluding hydrogens is 212 g/mol. The van der Waals surface area contributed by atoms with E-state index in [0.717, 1.165) is 37.6 Å². The summed E-state index contributed by atoms with van der Waals surface area (Å²) >= 11 is 0. The van der Waals surface area contributed by atoms with Crippen LogP contribution in [0.2, 0.25) is 0 Å². The molecule has 0 radical (unpaired) electrons. The van der Waals surface area contributed by atoms with Crippen LogP contribution in [-0.4, -0.2) is 35.6 Å². The van der Waals surface area contributed by atoms with E-state index in [-0.39, 0.29) is 0 Å². The summed E-state index contributed by atoms with van der Waals surface area (Å²) in [5.74, 6) is 0.867. The topological polar surface area (TPSA) is 41.0 Å². The Hall–Kier alpha value is -1.16. The summed E-state index contributed by atoms with van der Waals surface area (Å²) in [4.78, 5) is 11.1. The molecule has 1 fully saturated rings. The van der Waals surface area contributed by atoms with E-state index in [1.54, 1.807) is 0 Å². The van der Waals surface area contributed by atoms with Crippen LogP contribution >= 0.6 is 0 Å². The average molecular weight is 234 g/mol. The van der Waals surface area contributed by atoms with Crippen LogP contribution in [0.3, 0.4) is 0 Å². The SMILES string of the molecule is CCCN(CC1CCCN1)c1ncc(C)cn1. The molecule has 0 aliphatic carbocycles. The minimum atomic E-state index is 0.603. The first kappa shape index (κ1) is 12.3. The molecule has 4 nitrogen and oxygen atoms in total. The minimum Gasteiger partial charge on any atom is -0.339 e. The number of aromatic nitrogens is 2. The van der Waals surface area contributed by atoms with Crippen molar-refractivity contribution in [3.8, 4) is 0 Å². The maximum atomic E-state index is 4.43. The van der Waals surface area contributed by atoms with Crippen molar-refractivity contribution in [3.63, 3.8) is 0 Å². The van der Waals surface area contributed by atoms with Crippen molar-refractivity contribution in [1.82, 2.24) is 15.3 Å². The van der Waals surface area contributed by atoms with Crippen molar-refractivity contribution in [3.05, 3.63) is 18.0 Å². The van der Waals surface area contributed by atoms with Gasteiger partial charge in [0, 0.05) is 31.5 Å². The van der Waals surface area contributed by atoms with Gasteiger partial charge in [0.1, 0.15) is 0 Å². The Morgan fingerprint density at radius 3 is 2.76 bits per heavy atom. The van der Waals surface area contributed by atoms with Crippen molar-refractivity contribution >= 4 is 5.95 Å². The van der Waals surface area contributed by atoms with E-state index in [0.29, 0.717) is 6.04 Å². The lowest BCUT2D eigenvalue weighted by atomic mass is 10.2. The third-order valence-corrected chi connectivity index (χ3v) is 3.15. The third-order valence-electron chi connectivity index (χ3n) is 3.15. The summed E-state index contributed by atoms with van der Waals surface area (Å²) in [7, 11) is 0. The normalized spacial score (nSPS) is 19.5. The molecule has 0 aromatic carbocycles. The van der Waals surface area contributed by atoms with E-state index in [9.17, 15) is 0 Å². The van der Waals surface area contributed by atoms with Gasteiger partial charge in [0.15, 0.2) is 0 Å². The van der Waals surface area contributed by atoms with Gasteiger partial charge in [-0.25, -0.2) is 9.97 Å². The maximum Gasteiger partial charge on any atom is 0.225 e. The fourth-order valence-corrected chi connectivity index (χ4v) is 2.27. The smallest absolute Gasteiger partial charge is 0.225 e. The summed E-state index contributed by atoms with van der Waals surface area (Å²) in [6.45, 7) is 7.42. The Morgan fingerprint density at radius 1 is 1.41 bits per heavy atom. The molecule has 1 atom stereocenters. The number of hydrogen-bond acceptors (Lipinski definition) is 4. The highest BCUT2D eigenvalue weighted by atomic mass is 15.3. The molecule has 0 saturated carbocycles. The second-order valence-electron chi connectivity index (χ2n) is 4.80. The van der Waals surface area contributed by atoms with Gasteiger partial charge in [0.05, 0.1) is 0 Å². The molecule has 0 spiro atoms. The van der Waals surface area contributed by atoms with Crippen LogP contribution in [0, 0.1) is 6.92 Å². The van der Waals surface area contributed by atoms with Gasteiger partial charge in [0.25, 0.3) is 0 Å². The van der Waals surface area contributed by atoms with Crippen LogP contribution in [0.15, 0.2) is 12.4 Å². The lowest BCUT2D eigenvalue weighted by molar-refractivity contribution is 0.571. The van der Waals surface area contributed by atoms with E-state index in [1.807, 2.05) is 19.3 Å². The van der Waals surface area contributed by atoms with Crippen LogP contribution in [0.4, 0.5) is 5.95 Å². The van der Waals surface area contributed by atoms with Gasteiger partial charge < -0.3 is 10.2 Å². The Kier molecular flexibility index (Phi) is 4.31. The first-order chi connectivity index (χ1) is 8.29. The molecule has 1 aromatic rings. The Labute approximate surface area is 103 Å². The zero-order chi connectivity index (χ0) is 12.1. The standard InChI is InChI=1S/C13H22N4/c1-3-7-17(10-12-5-4-6-14-12)13-15-8-11(2)9-16-13/h8-9,12,14H,3-7,10H2,1-2H3. The van der Waals surface area contributed by atoms with Gasteiger partial charge in [-0.1, -0.05) is 6.92 Å². The molecular formula is C13H22N4. The van der Waals surface area contributed by atoms with E-state index >= 15 is 0 Å². The fraction of sp³-hybridized carbons (Fsp3) is 0.692. The fourth-order valence-electron chi connectivity index (χ4n) is 2.27. The first-order valence-corrected chi connectivity index (χ1v) is 6.56. The molecule has 2 heterocycles. The number of nitrogens with zero attached hydrogens (tertiary/aromatic N) is 3. The van der Waals surface area contributed by atoms with E-state index < -0.39 is 0 Å². The van der Waals surface area contributed by atoms with Crippen molar-refractivity contribution < 1.29 is 0 Å². The van der Waals surface area contributed by atoms with Crippen LogP contribution in [-0.2, 0) is 0 Å². The number of anilines is 1. The number of hydrogen-bond donors (Lipinski definition) is 1. The summed E-state index contributed by atoms with van der Waals surface area (Å²) in [5.41, 5.74) is 1.11. The molecule has 1 aliphatic heterocycles. The summed E-state index contributed by atoms with van der Waals surface area (Å²) < 4.78 is 0. The van der Waals surface area contributed by atoms with Gasteiger partial charge in [-0.2, -0.15) is 0 Å². The number of nitrogens with one attached hydrogen (secondary N) is 1. The highest BCUT2D eigenvalue weighted by molar-refractivity contribution is 5.30. The second kappa shape index (κ2) is 5.96. The molecule has 17 heavy (non-hydrogen) atoms. The molecule has 1 saturated heterocycles. The lowest BCUT2D eigenvalue weighted by Gasteiger charge is -2.25. The zero-order valence-corrected chi connectivity index (χ0v) is 10.8. The van der Waals surface area contributed by atoms with Crippen molar-refractivity contribution in [2.45, 2.75) is 39.2 Å². The largest absolute Gasteiger partial charge is 0.339 e. The monoisotopic (exact) mass is 234 g/mol. The lowest BCUT2D eigenvalue weighted by Crippen LogP contribution is -2.38. The van der Waals surface area contributed by atoms with Gasteiger partial charge in [-0.05, 0) is 38.3 Å². The van der Waals surface area contributed by atoms with Gasteiger partial charge >= 0.3 is 0 Å². The van der Waals surface area contributed by atoms with E-state index in [2.05, 4.69) is 27.1 Å². The molecule has 1 unspecified atom stereocenters. The minimum absolute atomic E-state index is 0.603. The van der Waals surface area contributed by atoms with Gasteiger partial charge in [0.2, 0.25) is 5.95 Å². The molecule has 94 valence electrons. The van der Waals surface area contributed by atoms with Crippen molar-refractivity contribution in [1.29, 1.82) is 0 Å². The van der Waals surface area contributed by atoms with Crippen LogP contribution in [0.5, 0.6) is 0 Å². The number of rotatable bonds is 5. The van der Waals surface area contributed by atoms with Gasteiger partial charge in [-0.3, -0.25) is 0 Å². The quantitative estimate of drug-likeness (QED) is 0.843. The molecule has 0 amide bonds. The first-order valence-electron chi connectivity index (χ1n) is 6.56. The molecule has 0 bridgehead atoms. The molecule has 1 aliphatic rings. The van der Waals surface area contributed by atoms with Crippen molar-refractivity contribution in [2.24, 2.45) is 0 Å². The Balaban J connectivity index is 2.02. The molecule has 4 heteroatoms. The van der Waals surface area contributed by atoms with Crippen molar-refractivity contribution in [2.75, 3.05) is 24.5 Å². The zero-order valence-electron chi connectivity index (χ0n) is 10.8. The molecule has 1 N–H and O–H groups in total. The Morgan fingerprint density at radius 2 is 2.18 bits per heavy atom.